The van der Waals surface area contributed by atoms with E-state index in [1.165, 1.54) is 11.3 Å². The molecule has 1 N–H and O–H groups in total. The number of rotatable bonds is 6. The topological polar surface area (TPSA) is 42.3 Å². The molecule has 2 atom stereocenters. The smallest absolute Gasteiger partial charge is 0.170 e. The van der Waals surface area contributed by atoms with Gasteiger partial charge in [0.2, 0.25) is 0 Å². The summed E-state index contributed by atoms with van der Waals surface area (Å²) >= 11 is 5.78. The van der Waals surface area contributed by atoms with Crippen molar-refractivity contribution in [2.45, 2.75) is 38.5 Å². The van der Waals surface area contributed by atoms with Crippen LogP contribution >= 0.6 is 12.2 Å². The molecular weight excluding hydrogens is 380 g/mol. The van der Waals surface area contributed by atoms with Gasteiger partial charge in [0.1, 0.15) is 5.75 Å². The summed E-state index contributed by atoms with van der Waals surface area (Å²) in [5.74, 6) is 0.854. The summed E-state index contributed by atoms with van der Waals surface area (Å²) in [6.07, 6.45) is 3.98. The molecule has 4 rings (SSSR count). The van der Waals surface area contributed by atoms with E-state index in [1.54, 1.807) is 7.11 Å². The lowest BCUT2D eigenvalue weighted by Gasteiger charge is -2.30. The quantitative estimate of drug-likeness (QED) is 0.604. The van der Waals surface area contributed by atoms with E-state index in [0.29, 0.717) is 12.6 Å². The van der Waals surface area contributed by atoms with Gasteiger partial charge < -0.3 is 19.5 Å². The number of aromatic nitrogens is 2. The van der Waals surface area contributed by atoms with Crippen LogP contribution < -0.4 is 10.1 Å². The number of pyridine rings is 1. The van der Waals surface area contributed by atoms with Gasteiger partial charge in [0.05, 0.1) is 24.9 Å². The highest BCUT2D eigenvalue weighted by atomic mass is 32.1. The highest BCUT2D eigenvalue weighted by Crippen LogP contribution is 2.40. The van der Waals surface area contributed by atoms with Crippen LogP contribution in [0, 0.1) is 0 Å². The van der Waals surface area contributed by atoms with Crippen LogP contribution in [0.4, 0.5) is 0 Å². The number of ether oxygens (including phenoxy) is 1. The molecule has 1 aliphatic rings. The first-order valence-electron chi connectivity index (χ1n) is 9.86. The molecule has 2 aromatic heterocycles. The predicted octanol–water partition coefficient (Wildman–Crippen LogP) is 4.65. The molecule has 3 heterocycles. The van der Waals surface area contributed by atoms with Gasteiger partial charge in [0.25, 0.3) is 0 Å². The van der Waals surface area contributed by atoms with Crippen molar-refractivity contribution in [2.24, 2.45) is 0 Å². The average molecular weight is 407 g/mol. The van der Waals surface area contributed by atoms with E-state index >= 15 is 0 Å². The maximum Gasteiger partial charge on any atom is 0.170 e. The third kappa shape index (κ3) is 3.85. The molecule has 1 fully saturated rings. The first-order chi connectivity index (χ1) is 14.1. The van der Waals surface area contributed by atoms with Crippen molar-refractivity contribution in [1.82, 2.24) is 19.8 Å². The minimum absolute atomic E-state index is 0.00523. The van der Waals surface area contributed by atoms with Crippen LogP contribution in [0.1, 0.15) is 48.9 Å². The summed E-state index contributed by atoms with van der Waals surface area (Å²) in [5.41, 5.74) is 3.41. The molecule has 5 nitrogen and oxygen atoms in total. The number of hydrogen-bond donors (Lipinski definition) is 1. The fourth-order valence-electron chi connectivity index (χ4n) is 3.95. The van der Waals surface area contributed by atoms with E-state index in [-0.39, 0.29) is 12.1 Å². The summed E-state index contributed by atoms with van der Waals surface area (Å²) in [7, 11) is 1.68. The van der Waals surface area contributed by atoms with E-state index < -0.39 is 0 Å². The van der Waals surface area contributed by atoms with E-state index in [9.17, 15) is 0 Å². The number of benzene rings is 1. The lowest BCUT2D eigenvalue weighted by atomic mass is 10.0. The summed E-state index contributed by atoms with van der Waals surface area (Å²) in [6, 6.07) is 18.9. The molecule has 6 heteroatoms. The van der Waals surface area contributed by atoms with E-state index in [2.05, 4.69) is 70.1 Å². The summed E-state index contributed by atoms with van der Waals surface area (Å²) < 4.78 is 7.61. The van der Waals surface area contributed by atoms with Crippen LogP contribution in [0.5, 0.6) is 5.75 Å². The maximum atomic E-state index is 5.78. The lowest BCUT2D eigenvalue weighted by molar-refractivity contribution is 0.293. The van der Waals surface area contributed by atoms with Crippen molar-refractivity contribution in [1.29, 1.82) is 0 Å². The Kier molecular flexibility index (Phi) is 5.53. The summed E-state index contributed by atoms with van der Waals surface area (Å²) in [6.45, 7) is 5.12. The first-order valence-corrected chi connectivity index (χ1v) is 10.3. The minimum atomic E-state index is -0.00523. The zero-order chi connectivity index (χ0) is 20.4. The normalized spacial score (nSPS) is 18.9. The van der Waals surface area contributed by atoms with Crippen LogP contribution in [0.25, 0.3) is 0 Å². The number of nitrogens with zero attached hydrogens (tertiary/aromatic N) is 3. The second-order valence-electron chi connectivity index (χ2n) is 7.54. The van der Waals surface area contributed by atoms with Gasteiger partial charge in [0, 0.05) is 30.7 Å². The fourth-order valence-corrected chi connectivity index (χ4v) is 4.26. The van der Waals surface area contributed by atoms with Gasteiger partial charge in [0.15, 0.2) is 5.11 Å². The van der Waals surface area contributed by atoms with Gasteiger partial charge in [-0.15, -0.1) is 0 Å². The SMILES string of the molecule is COc1ccc(CN2C(=S)N[C@H](c3ccccn3)[C@@H]2c2cccn2C(C)C)cc1. The molecule has 0 unspecified atom stereocenters. The fraction of sp³-hybridized carbons (Fsp3) is 0.304. The molecule has 0 spiro atoms. The molecule has 0 radical (unpaired) electrons. The summed E-state index contributed by atoms with van der Waals surface area (Å²) in [4.78, 5) is 6.89. The largest absolute Gasteiger partial charge is 0.497 e. The first kappa shape index (κ1) is 19.5. The van der Waals surface area contributed by atoms with Crippen molar-refractivity contribution in [3.8, 4) is 5.75 Å². The monoisotopic (exact) mass is 406 g/mol. The standard InChI is InChI=1S/C23H26N4OS/c1-16(2)26-14-6-8-20(26)22-21(19-7-4-5-13-24-19)25-23(29)27(22)15-17-9-11-18(28-3)12-10-17/h4-14,16,21-22H,15H2,1-3H3,(H,25,29)/t21-,22+/m1/s1. The average Bonchev–Trinajstić information content (AvgIpc) is 3.34. The zero-order valence-electron chi connectivity index (χ0n) is 16.9. The van der Waals surface area contributed by atoms with Gasteiger partial charge in [-0.3, -0.25) is 4.98 Å². The molecule has 1 saturated heterocycles. The van der Waals surface area contributed by atoms with Crippen molar-refractivity contribution in [3.63, 3.8) is 0 Å². The minimum Gasteiger partial charge on any atom is -0.497 e. The van der Waals surface area contributed by atoms with Crippen LogP contribution in [0.2, 0.25) is 0 Å². The molecule has 0 amide bonds. The highest BCUT2D eigenvalue weighted by Gasteiger charge is 2.41. The summed E-state index contributed by atoms with van der Waals surface area (Å²) in [5, 5.41) is 4.27. The lowest BCUT2D eigenvalue weighted by Crippen LogP contribution is -2.30. The molecule has 29 heavy (non-hydrogen) atoms. The Balaban J connectivity index is 1.73. The second kappa shape index (κ2) is 8.25. The second-order valence-corrected chi connectivity index (χ2v) is 7.92. The van der Waals surface area contributed by atoms with E-state index in [0.717, 1.165) is 16.6 Å². The van der Waals surface area contributed by atoms with Gasteiger partial charge in [-0.05, 0) is 68.0 Å². The van der Waals surface area contributed by atoms with Gasteiger partial charge in [-0.25, -0.2) is 0 Å². The third-order valence-corrected chi connectivity index (χ3v) is 5.73. The van der Waals surface area contributed by atoms with Crippen molar-refractivity contribution in [3.05, 3.63) is 83.9 Å². The van der Waals surface area contributed by atoms with Gasteiger partial charge in [-0.2, -0.15) is 0 Å². The molecule has 3 aromatic rings. The Hall–Kier alpha value is -2.86. The molecule has 0 bridgehead atoms. The van der Waals surface area contributed by atoms with Crippen LogP contribution in [-0.4, -0.2) is 26.7 Å². The Morgan fingerprint density at radius 1 is 1.10 bits per heavy atom. The molecule has 1 aromatic carbocycles. The molecule has 1 aliphatic heterocycles. The number of nitrogens with one attached hydrogen (secondary N) is 1. The molecule has 0 saturated carbocycles. The van der Waals surface area contributed by atoms with E-state index in [4.69, 9.17) is 17.0 Å². The Morgan fingerprint density at radius 3 is 2.55 bits per heavy atom. The van der Waals surface area contributed by atoms with Gasteiger partial charge >= 0.3 is 0 Å². The van der Waals surface area contributed by atoms with Gasteiger partial charge in [-0.1, -0.05) is 18.2 Å². The molecular formula is C23H26N4OS. The van der Waals surface area contributed by atoms with Crippen LogP contribution in [-0.2, 0) is 6.54 Å². The number of thiocarbonyl (C=S) groups is 1. The van der Waals surface area contributed by atoms with Crippen molar-refractivity contribution >= 4 is 17.3 Å². The van der Waals surface area contributed by atoms with Crippen molar-refractivity contribution in [2.75, 3.05) is 7.11 Å². The Bertz CT molecular complexity index is 968. The number of hydrogen-bond acceptors (Lipinski definition) is 3. The predicted molar refractivity (Wildman–Crippen MR) is 119 cm³/mol. The van der Waals surface area contributed by atoms with E-state index in [1.807, 2.05) is 30.5 Å². The Morgan fingerprint density at radius 2 is 1.90 bits per heavy atom. The third-order valence-electron chi connectivity index (χ3n) is 5.38. The van der Waals surface area contributed by atoms with Crippen molar-refractivity contribution < 1.29 is 4.74 Å². The van der Waals surface area contributed by atoms with Crippen LogP contribution in [0.15, 0.2) is 67.0 Å². The van der Waals surface area contributed by atoms with Crippen LogP contribution in [0.3, 0.4) is 0 Å². The molecule has 150 valence electrons. The molecule has 0 aliphatic carbocycles. The highest BCUT2D eigenvalue weighted by molar-refractivity contribution is 7.80. The zero-order valence-corrected chi connectivity index (χ0v) is 17.8. The Labute approximate surface area is 177 Å². The maximum absolute atomic E-state index is 5.78. The number of methoxy groups -OCH3 is 1.